The minimum atomic E-state index is -0.438. The van der Waals surface area contributed by atoms with Crippen molar-refractivity contribution in [1.82, 2.24) is 10.3 Å². The van der Waals surface area contributed by atoms with Crippen LogP contribution in [0.4, 0.5) is 11.4 Å². The molecule has 0 fully saturated rings. The Morgan fingerprint density at radius 1 is 1.00 bits per heavy atom. The number of anilines is 2. The first kappa shape index (κ1) is 28.4. The molecule has 8 nitrogen and oxygen atoms in total. The second-order valence-corrected chi connectivity index (χ2v) is 12.1. The summed E-state index contributed by atoms with van der Waals surface area (Å²) in [6, 6.07) is 21.3. The number of Topliss-reactive ketones (excluding diaryl/α,β-unsaturated/α-hetero) is 1. The lowest BCUT2D eigenvalue weighted by Crippen LogP contribution is -2.42. The molecule has 43 heavy (non-hydrogen) atoms. The summed E-state index contributed by atoms with van der Waals surface area (Å²) in [4.78, 5) is 32.9. The van der Waals surface area contributed by atoms with Crippen LogP contribution in [0.25, 0.3) is 10.9 Å². The quantitative estimate of drug-likeness (QED) is 0.232. The third-order valence-corrected chi connectivity index (χ3v) is 8.44. The Labute approximate surface area is 252 Å². The van der Waals surface area contributed by atoms with Crippen molar-refractivity contribution in [3.8, 4) is 11.5 Å². The predicted octanol–water partition coefficient (Wildman–Crippen LogP) is 6.16. The van der Waals surface area contributed by atoms with E-state index < -0.39 is 6.04 Å². The van der Waals surface area contributed by atoms with E-state index in [1.165, 1.54) is 0 Å². The zero-order valence-corrected chi connectivity index (χ0v) is 25.1. The maximum absolute atomic E-state index is 13.9. The number of H-pyrrole nitrogens is 1. The summed E-state index contributed by atoms with van der Waals surface area (Å²) in [7, 11) is 3.29. The molecule has 2 aliphatic rings. The Bertz CT molecular complexity index is 1700. The summed E-state index contributed by atoms with van der Waals surface area (Å²) in [5, 5.41) is 7.82. The largest absolute Gasteiger partial charge is 0.497 e. The number of methoxy groups -OCH3 is 2. The number of amides is 1. The Morgan fingerprint density at radius 2 is 1.74 bits per heavy atom. The van der Waals surface area contributed by atoms with Gasteiger partial charge in [-0.25, -0.2) is 0 Å². The second-order valence-electron chi connectivity index (χ2n) is 12.1. The van der Waals surface area contributed by atoms with Gasteiger partial charge in [0.15, 0.2) is 5.78 Å². The van der Waals surface area contributed by atoms with Crippen LogP contribution >= 0.6 is 0 Å². The number of ether oxygens (including phenoxy) is 2. The molecule has 2 heterocycles. The molecule has 3 aromatic carbocycles. The number of fused-ring (bicyclic) bond motifs is 2. The molecule has 1 aromatic heterocycles. The molecule has 3 N–H and O–H groups in total. The molecule has 0 saturated heterocycles. The molecule has 0 bridgehead atoms. The first-order valence-corrected chi connectivity index (χ1v) is 14.7. The van der Waals surface area contributed by atoms with Crippen LogP contribution in [0.15, 0.2) is 84.2 Å². The predicted molar refractivity (Wildman–Crippen MR) is 170 cm³/mol. The van der Waals surface area contributed by atoms with E-state index in [0.717, 1.165) is 62.6 Å². The van der Waals surface area contributed by atoms with E-state index in [-0.39, 0.29) is 23.7 Å². The van der Waals surface area contributed by atoms with E-state index in [0.29, 0.717) is 19.4 Å². The number of para-hydroxylation sites is 2. The molecule has 1 aliphatic carbocycles. The van der Waals surface area contributed by atoms with Crippen molar-refractivity contribution in [2.75, 3.05) is 37.5 Å². The summed E-state index contributed by atoms with van der Waals surface area (Å²) < 4.78 is 10.8. The fourth-order valence-corrected chi connectivity index (χ4v) is 6.40. The number of aromatic nitrogens is 1. The average Bonchev–Trinajstić information content (AvgIpc) is 3.34. The minimum absolute atomic E-state index is 0.0878. The van der Waals surface area contributed by atoms with E-state index >= 15 is 0 Å². The number of benzene rings is 3. The molecule has 1 amide bonds. The SMILES string of the molecule is COc1ccc(C2C3=C(CC(C)(C)CC3=O)Nc3ccccc3N2CC(=O)NCCc2c[nH]c3ccc(OC)cc23)cc1. The fraction of sp³-hybridized carbons (Fsp3) is 0.314. The highest BCUT2D eigenvalue weighted by atomic mass is 16.5. The molecule has 0 spiro atoms. The van der Waals surface area contributed by atoms with Crippen LogP contribution < -0.4 is 25.0 Å². The van der Waals surface area contributed by atoms with Crippen molar-refractivity contribution in [1.29, 1.82) is 0 Å². The summed E-state index contributed by atoms with van der Waals surface area (Å²) in [5.41, 5.74) is 6.32. The summed E-state index contributed by atoms with van der Waals surface area (Å²) in [6.07, 6.45) is 3.84. The molecule has 222 valence electrons. The van der Waals surface area contributed by atoms with Gasteiger partial charge < -0.3 is 30.0 Å². The van der Waals surface area contributed by atoms with Gasteiger partial charge in [0.2, 0.25) is 5.91 Å². The molecular formula is C35H38N4O4. The molecule has 0 radical (unpaired) electrons. The molecule has 0 saturated carbocycles. The van der Waals surface area contributed by atoms with Gasteiger partial charge in [-0.15, -0.1) is 0 Å². The van der Waals surface area contributed by atoms with Crippen LogP contribution in [0.2, 0.25) is 0 Å². The van der Waals surface area contributed by atoms with Crippen molar-refractivity contribution >= 4 is 34.0 Å². The zero-order valence-electron chi connectivity index (χ0n) is 25.1. The number of rotatable bonds is 8. The highest BCUT2D eigenvalue weighted by Gasteiger charge is 2.41. The molecule has 1 unspecified atom stereocenters. The molecule has 8 heteroatoms. The third-order valence-electron chi connectivity index (χ3n) is 8.44. The standard InChI is InChI=1S/C35H38N4O4/c1-35(2)18-29-33(31(40)19-35)34(22-9-11-24(42-3)12-10-22)39(30-8-6-5-7-28(30)38-29)21-32(41)36-16-15-23-20-37-27-14-13-25(43-4)17-26(23)27/h5-14,17,20,34,37-38H,15-16,18-19,21H2,1-4H3,(H,36,41). The van der Waals surface area contributed by atoms with Gasteiger partial charge in [0.1, 0.15) is 11.5 Å². The Balaban J connectivity index is 1.31. The van der Waals surface area contributed by atoms with Gasteiger partial charge in [-0.3, -0.25) is 9.59 Å². The third kappa shape index (κ3) is 5.69. The highest BCUT2D eigenvalue weighted by Crippen LogP contribution is 2.48. The number of ketones is 1. The Kier molecular flexibility index (Phi) is 7.61. The van der Waals surface area contributed by atoms with Crippen molar-refractivity contribution < 1.29 is 19.1 Å². The van der Waals surface area contributed by atoms with Crippen molar-refractivity contribution in [2.24, 2.45) is 5.41 Å². The molecular weight excluding hydrogens is 540 g/mol. The van der Waals surface area contributed by atoms with Gasteiger partial charge in [-0.1, -0.05) is 38.1 Å². The van der Waals surface area contributed by atoms with Crippen LogP contribution in [0.5, 0.6) is 11.5 Å². The Morgan fingerprint density at radius 3 is 2.51 bits per heavy atom. The smallest absolute Gasteiger partial charge is 0.239 e. The number of allylic oxidation sites excluding steroid dienone is 1. The minimum Gasteiger partial charge on any atom is -0.497 e. The van der Waals surface area contributed by atoms with E-state index in [4.69, 9.17) is 9.47 Å². The maximum Gasteiger partial charge on any atom is 0.239 e. The van der Waals surface area contributed by atoms with Gasteiger partial charge in [0.05, 0.1) is 38.2 Å². The zero-order chi connectivity index (χ0) is 30.1. The number of carbonyl (C=O) groups excluding carboxylic acids is 2. The number of nitrogens with zero attached hydrogens (tertiary/aromatic N) is 1. The van der Waals surface area contributed by atoms with Crippen molar-refractivity contribution in [2.45, 2.75) is 39.2 Å². The lowest BCUT2D eigenvalue weighted by atomic mass is 9.73. The maximum atomic E-state index is 13.9. The number of aromatic amines is 1. The summed E-state index contributed by atoms with van der Waals surface area (Å²) in [6.45, 7) is 4.82. The van der Waals surface area contributed by atoms with Gasteiger partial charge in [0, 0.05) is 41.3 Å². The van der Waals surface area contributed by atoms with Gasteiger partial charge in [-0.2, -0.15) is 0 Å². The van der Waals surface area contributed by atoms with Crippen LogP contribution in [-0.2, 0) is 16.0 Å². The monoisotopic (exact) mass is 578 g/mol. The first-order valence-electron chi connectivity index (χ1n) is 14.7. The summed E-state index contributed by atoms with van der Waals surface area (Å²) >= 11 is 0. The van der Waals surface area contributed by atoms with Gasteiger partial charge in [0.25, 0.3) is 0 Å². The van der Waals surface area contributed by atoms with E-state index in [1.807, 2.05) is 72.9 Å². The normalized spacial score (nSPS) is 17.5. The lowest BCUT2D eigenvalue weighted by molar-refractivity contribution is -0.120. The molecule has 4 aromatic rings. The number of hydrogen-bond acceptors (Lipinski definition) is 6. The van der Waals surface area contributed by atoms with E-state index in [2.05, 4.69) is 34.4 Å². The van der Waals surface area contributed by atoms with Crippen LogP contribution in [-0.4, -0.2) is 44.0 Å². The number of carbonyl (C=O) groups is 2. The van der Waals surface area contributed by atoms with Gasteiger partial charge >= 0.3 is 0 Å². The fourth-order valence-electron chi connectivity index (χ4n) is 6.40. The van der Waals surface area contributed by atoms with Gasteiger partial charge in [-0.05, 0) is 71.8 Å². The second kappa shape index (κ2) is 11.5. The first-order chi connectivity index (χ1) is 20.8. The molecule has 6 rings (SSSR count). The average molecular weight is 579 g/mol. The lowest BCUT2D eigenvalue weighted by Gasteiger charge is -2.38. The number of nitrogens with one attached hydrogen (secondary N) is 3. The van der Waals surface area contributed by atoms with E-state index in [9.17, 15) is 9.59 Å². The highest BCUT2D eigenvalue weighted by molar-refractivity contribution is 6.02. The topological polar surface area (TPSA) is 95.7 Å². The Hall–Kier alpha value is -4.72. The number of hydrogen-bond donors (Lipinski definition) is 3. The van der Waals surface area contributed by atoms with Crippen molar-refractivity contribution in [3.05, 3.63) is 95.3 Å². The van der Waals surface area contributed by atoms with E-state index in [1.54, 1.807) is 14.2 Å². The molecule has 1 aliphatic heterocycles. The van der Waals surface area contributed by atoms with Crippen molar-refractivity contribution in [3.63, 3.8) is 0 Å². The molecule has 1 atom stereocenters. The summed E-state index contributed by atoms with van der Waals surface area (Å²) in [5.74, 6) is 1.52. The van der Waals surface area contributed by atoms with Crippen LogP contribution in [0.3, 0.4) is 0 Å². The van der Waals surface area contributed by atoms with Crippen LogP contribution in [0, 0.1) is 5.41 Å². The van der Waals surface area contributed by atoms with Crippen LogP contribution in [0.1, 0.15) is 43.9 Å².